The number of likely N-dealkylation sites (tertiary alicyclic amines) is 1. The Labute approximate surface area is 185 Å². The van der Waals surface area contributed by atoms with Crippen LogP contribution in [0.2, 0.25) is 0 Å². The molecule has 2 aromatic heterocycles. The SMILES string of the molecule is COC(=O)c1nn(-c2cc(C#CC3(O)CCN(C)C3=O)cc(C(F)(F)F)c2)c2ncccc12. The first-order chi connectivity index (χ1) is 15.5. The predicted molar refractivity (Wildman–Crippen MR) is 109 cm³/mol. The molecule has 1 aliphatic rings. The quantitative estimate of drug-likeness (QED) is 0.467. The monoisotopic (exact) mass is 458 g/mol. The molecule has 1 N–H and O–H groups in total. The molecule has 0 saturated carbocycles. The Morgan fingerprint density at radius 1 is 1.30 bits per heavy atom. The average Bonchev–Trinajstić information content (AvgIpc) is 3.30. The van der Waals surface area contributed by atoms with Gasteiger partial charge in [-0.3, -0.25) is 4.79 Å². The van der Waals surface area contributed by atoms with E-state index < -0.39 is 29.2 Å². The van der Waals surface area contributed by atoms with Crippen molar-refractivity contribution in [1.29, 1.82) is 0 Å². The van der Waals surface area contributed by atoms with E-state index in [2.05, 4.69) is 21.9 Å². The minimum Gasteiger partial charge on any atom is -0.464 e. The third kappa shape index (κ3) is 4.01. The number of hydrogen-bond acceptors (Lipinski definition) is 6. The van der Waals surface area contributed by atoms with Crippen molar-refractivity contribution in [2.24, 2.45) is 0 Å². The predicted octanol–water partition coefficient (Wildman–Crippen LogP) is 2.17. The number of esters is 1. The maximum atomic E-state index is 13.6. The van der Waals surface area contributed by atoms with Gasteiger partial charge in [-0.15, -0.1) is 0 Å². The van der Waals surface area contributed by atoms with Crippen molar-refractivity contribution in [2.45, 2.75) is 18.2 Å². The van der Waals surface area contributed by atoms with Gasteiger partial charge in [0.15, 0.2) is 11.3 Å². The number of aliphatic hydroxyl groups is 1. The second kappa shape index (κ2) is 7.90. The molecule has 170 valence electrons. The van der Waals surface area contributed by atoms with Crippen LogP contribution in [0.3, 0.4) is 0 Å². The molecule has 3 heterocycles. The van der Waals surface area contributed by atoms with Gasteiger partial charge in [0.25, 0.3) is 5.91 Å². The number of fused-ring (bicyclic) bond motifs is 1. The fourth-order valence-electron chi connectivity index (χ4n) is 3.49. The summed E-state index contributed by atoms with van der Waals surface area (Å²) in [6.07, 6.45) is -3.26. The van der Waals surface area contributed by atoms with Gasteiger partial charge >= 0.3 is 12.1 Å². The zero-order chi connectivity index (χ0) is 24.0. The molecular formula is C22H17F3N4O4. The molecule has 1 atom stereocenters. The second-order valence-electron chi connectivity index (χ2n) is 7.48. The molecule has 4 rings (SSSR count). The van der Waals surface area contributed by atoms with Crippen LogP contribution in [0.1, 0.15) is 28.0 Å². The Balaban J connectivity index is 1.89. The Bertz CT molecular complexity index is 1340. The van der Waals surface area contributed by atoms with E-state index in [9.17, 15) is 27.9 Å². The van der Waals surface area contributed by atoms with Crippen LogP contribution in [0.15, 0.2) is 36.5 Å². The standard InChI is InChI=1S/C22H17F3N4O4/c1-28-9-7-21(32,20(28)31)6-5-13-10-14(22(23,24)25)12-15(11-13)29-18-16(4-3-8-26-18)17(27-29)19(30)33-2/h3-4,8,10-12,32H,7,9H2,1-2H3. The van der Waals surface area contributed by atoms with E-state index in [1.807, 2.05) is 0 Å². The number of amides is 1. The summed E-state index contributed by atoms with van der Waals surface area (Å²) >= 11 is 0. The Hall–Kier alpha value is -3.91. The first-order valence-electron chi connectivity index (χ1n) is 9.69. The van der Waals surface area contributed by atoms with Crippen molar-refractivity contribution >= 4 is 22.9 Å². The van der Waals surface area contributed by atoms with E-state index >= 15 is 0 Å². The smallest absolute Gasteiger partial charge is 0.416 e. The lowest BCUT2D eigenvalue weighted by Crippen LogP contribution is -2.37. The van der Waals surface area contributed by atoms with E-state index in [4.69, 9.17) is 4.74 Å². The molecule has 1 aromatic carbocycles. The molecule has 0 spiro atoms. The summed E-state index contributed by atoms with van der Waals surface area (Å²) in [7, 11) is 2.66. The third-order valence-corrected chi connectivity index (χ3v) is 5.23. The van der Waals surface area contributed by atoms with Crippen LogP contribution >= 0.6 is 0 Å². The number of likely N-dealkylation sites (N-methyl/N-ethyl adjacent to an activating group) is 1. The van der Waals surface area contributed by atoms with Crippen LogP contribution in [0.5, 0.6) is 0 Å². The van der Waals surface area contributed by atoms with Gasteiger partial charge in [0.2, 0.25) is 5.60 Å². The third-order valence-electron chi connectivity index (χ3n) is 5.23. The number of pyridine rings is 1. The number of carbonyl (C=O) groups excluding carboxylic acids is 2. The lowest BCUT2D eigenvalue weighted by molar-refractivity contribution is -0.138. The van der Waals surface area contributed by atoms with E-state index in [1.54, 1.807) is 12.1 Å². The van der Waals surface area contributed by atoms with Crippen LogP contribution < -0.4 is 0 Å². The van der Waals surface area contributed by atoms with E-state index in [1.165, 1.54) is 24.2 Å². The van der Waals surface area contributed by atoms with E-state index in [-0.39, 0.29) is 35.6 Å². The minimum atomic E-state index is -4.71. The number of hydrogen-bond donors (Lipinski definition) is 1. The van der Waals surface area contributed by atoms with Gasteiger partial charge in [0.05, 0.1) is 23.7 Å². The van der Waals surface area contributed by atoms with Gasteiger partial charge in [-0.25, -0.2) is 14.5 Å². The van der Waals surface area contributed by atoms with Crippen LogP contribution in [-0.2, 0) is 15.7 Å². The molecule has 11 heteroatoms. The molecule has 3 aromatic rings. The first kappa shape index (κ1) is 22.3. The molecule has 1 saturated heterocycles. The number of benzene rings is 1. The molecule has 1 amide bonds. The largest absolute Gasteiger partial charge is 0.464 e. The summed E-state index contributed by atoms with van der Waals surface area (Å²) in [5.41, 5.74) is -3.13. The van der Waals surface area contributed by atoms with Crippen molar-refractivity contribution in [2.75, 3.05) is 20.7 Å². The zero-order valence-corrected chi connectivity index (χ0v) is 17.5. The van der Waals surface area contributed by atoms with Crippen molar-refractivity contribution in [3.8, 4) is 17.5 Å². The van der Waals surface area contributed by atoms with Crippen molar-refractivity contribution in [3.05, 3.63) is 53.3 Å². The van der Waals surface area contributed by atoms with Crippen LogP contribution in [0.25, 0.3) is 16.7 Å². The normalized spacial score (nSPS) is 18.4. The summed E-state index contributed by atoms with van der Waals surface area (Å²) in [6.45, 7) is 0.277. The molecule has 1 unspecified atom stereocenters. The molecule has 8 nitrogen and oxygen atoms in total. The topological polar surface area (TPSA) is 97.5 Å². The van der Waals surface area contributed by atoms with Crippen molar-refractivity contribution in [3.63, 3.8) is 0 Å². The lowest BCUT2D eigenvalue weighted by Gasteiger charge is -2.13. The Morgan fingerprint density at radius 3 is 2.70 bits per heavy atom. The highest BCUT2D eigenvalue weighted by atomic mass is 19.4. The summed E-state index contributed by atoms with van der Waals surface area (Å²) in [5, 5.41) is 14.9. The molecule has 1 fully saturated rings. The number of alkyl halides is 3. The fourth-order valence-corrected chi connectivity index (χ4v) is 3.49. The molecule has 0 bridgehead atoms. The molecule has 0 radical (unpaired) electrons. The fraction of sp³-hybridized carbons (Fsp3) is 0.273. The van der Waals surface area contributed by atoms with Gasteiger partial charge in [-0.05, 0) is 30.3 Å². The minimum absolute atomic E-state index is 0.0390. The Kier molecular flexibility index (Phi) is 5.33. The number of ether oxygens (including phenoxy) is 1. The van der Waals surface area contributed by atoms with Gasteiger partial charge < -0.3 is 14.7 Å². The van der Waals surface area contributed by atoms with Crippen LogP contribution in [0, 0.1) is 11.8 Å². The molecule has 0 aliphatic carbocycles. The van der Waals surface area contributed by atoms with Gasteiger partial charge in [-0.1, -0.05) is 11.8 Å². The number of rotatable bonds is 2. The average molecular weight is 458 g/mol. The molecule has 33 heavy (non-hydrogen) atoms. The lowest BCUT2D eigenvalue weighted by atomic mass is 10.0. The highest BCUT2D eigenvalue weighted by molar-refractivity contribution is 6.01. The summed E-state index contributed by atoms with van der Waals surface area (Å²) in [4.78, 5) is 29.7. The molecule has 1 aliphatic heterocycles. The maximum absolute atomic E-state index is 13.6. The summed E-state index contributed by atoms with van der Waals surface area (Å²) in [5.74, 6) is 3.51. The van der Waals surface area contributed by atoms with Crippen LogP contribution in [0.4, 0.5) is 13.2 Å². The van der Waals surface area contributed by atoms with E-state index in [0.29, 0.717) is 5.39 Å². The number of methoxy groups -OCH3 is 1. The van der Waals surface area contributed by atoms with Crippen LogP contribution in [-0.4, -0.2) is 63.0 Å². The number of halogens is 3. The number of aromatic nitrogens is 3. The first-order valence-corrected chi connectivity index (χ1v) is 9.69. The zero-order valence-electron chi connectivity index (χ0n) is 17.5. The second-order valence-corrected chi connectivity index (χ2v) is 7.48. The van der Waals surface area contributed by atoms with Crippen molar-refractivity contribution in [1.82, 2.24) is 19.7 Å². The Morgan fingerprint density at radius 2 is 2.06 bits per heavy atom. The van der Waals surface area contributed by atoms with Gasteiger partial charge in [0.1, 0.15) is 0 Å². The number of nitrogens with zero attached hydrogens (tertiary/aromatic N) is 4. The molecular weight excluding hydrogens is 441 g/mol. The summed E-state index contributed by atoms with van der Waals surface area (Å²) in [6, 6.07) is 6.06. The van der Waals surface area contributed by atoms with Crippen molar-refractivity contribution < 1.29 is 32.6 Å². The highest BCUT2D eigenvalue weighted by Crippen LogP contribution is 2.32. The highest BCUT2D eigenvalue weighted by Gasteiger charge is 2.42. The summed E-state index contributed by atoms with van der Waals surface area (Å²) < 4.78 is 46.7. The van der Waals surface area contributed by atoms with E-state index in [0.717, 1.165) is 23.9 Å². The number of carbonyl (C=O) groups is 2. The maximum Gasteiger partial charge on any atom is 0.416 e. The van der Waals surface area contributed by atoms with Gasteiger partial charge in [-0.2, -0.15) is 18.3 Å². The van der Waals surface area contributed by atoms with Gasteiger partial charge in [0, 0.05) is 31.8 Å².